The first-order chi connectivity index (χ1) is 9.54. The van der Waals surface area contributed by atoms with Crippen molar-refractivity contribution < 1.29 is 9.53 Å². The molecule has 0 aliphatic rings. The van der Waals surface area contributed by atoms with Crippen molar-refractivity contribution in [2.24, 2.45) is 5.92 Å². The van der Waals surface area contributed by atoms with E-state index < -0.39 is 0 Å². The van der Waals surface area contributed by atoms with E-state index in [4.69, 9.17) is 4.74 Å². The molecule has 2 N–H and O–H groups in total. The lowest BCUT2D eigenvalue weighted by atomic mass is 10.1. The van der Waals surface area contributed by atoms with Gasteiger partial charge in [0.1, 0.15) is 6.54 Å². The smallest absolute Gasteiger partial charge is 0.240 e. The highest BCUT2D eigenvalue weighted by Gasteiger charge is 2.12. The van der Waals surface area contributed by atoms with Crippen molar-refractivity contribution in [1.82, 2.24) is 15.2 Å². The van der Waals surface area contributed by atoms with Crippen molar-refractivity contribution in [3.05, 3.63) is 24.0 Å². The molecule has 0 aliphatic carbocycles. The summed E-state index contributed by atoms with van der Waals surface area (Å²) < 4.78 is 6.96. The quantitative estimate of drug-likeness (QED) is 0.673. The van der Waals surface area contributed by atoms with Crippen LogP contribution in [0.15, 0.2) is 18.3 Å². The predicted molar refractivity (Wildman–Crippen MR) is 80.5 cm³/mol. The number of hydrogen-bond donors (Lipinski definition) is 2. The lowest BCUT2D eigenvalue weighted by Gasteiger charge is -2.18. The van der Waals surface area contributed by atoms with Gasteiger partial charge >= 0.3 is 0 Å². The second-order valence-corrected chi connectivity index (χ2v) is 5.40. The van der Waals surface area contributed by atoms with Crippen molar-refractivity contribution in [1.29, 1.82) is 0 Å². The highest BCUT2D eigenvalue weighted by atomic mass is 16.5. The minimum absolute atomic E-state index is 0.0561. The number of methoxy groups -OCH3 is 1. The zero-order valence-corrected chi connectivity index (χ0v) is 13.0. The van der Waals surface area contributed by atoms with Gasteiger partial charge in [0.25, 0.3) is 0 Å². The molecule has 1 heterocycles. The molecule has 0 spiro atoms. The molecule has 5 heteroatoms. The molecule has 0 saturated heterocycles. The van der Waals surface area contributed by atoms with Gasteiger partial charge < -0.3 is 19.9 Å². The molecular formula is C15H27N3O2. The zero-order chi connectivity index (χ0) is 15.0. The van der Waals surface area contributed by atoms with Crippen molar-refractivity contribution in [3.63, 3.8) is 0 Å². The summed E-state index contributed by atoms with van der Waals surface area (Å²) in [5, 5.41) is 6.30. The minimum atomic E-state index is 0.0561. The fraction of sp³-hybridized carbons (Fsp3) is 0.667. The average Bonchev–Trinajstić information content (AvgIpc) is 2.81. The molecule has 114 valence electrons. The van der Waals surface area contributed by atoms with Gasteiger partial charge in [-0.15, -0.1) is 0 Å². The number of carbonyl (C=O) groups excluding carboxylic acids is 1. The highest BCUT2D eigenvalue weighted by Crippen LogP contribution is 2.03. The monoisotopic (exact) mass is 281 g/mol. The second kappa shape index (κ2) is 8.76. The van der Waals surface area contributed by atoms with Crippen LogP contribution in [-0.2, 0) is 22.6 Å². The molecule has 0 aromatic carbocycles. The number of amides is 1. The fourth-order valence-electron chi connectivity index (χ4n) is 1.78. The van der Waals surface area contributed by atoms with Crippen LogP contribution in [0.1, 0.15) is 26.5 Å². The standard InChI is InChI=1S/C15H27N3O2/c1-12(2)13(3)17-15(19)11-18-8-5-6-14(18)10-16-7-9-20-4/h5-6,8,12-13,16H,7,9-11H2,1-4H3,(H,17,19). The first-order valence-corrected chi connectivity index (χ1v) is 7.17. The summed E-state index contributed by atoms with van der Waals surface area (Å²) in [5.74, 6) is 0.499. The van der Waals surface area contributed by atoms with E-state index in [2.05, 4.69) is 24.5 Å². The number of nitrogens with one attached hydrogen (secondary N) is 2. The molecule has 0 saturated carbocycles. The van der Waals surface area contributed by atoms with Crippen molar-refractivity contribution in [3.8, 4) is 0 Å². The van der Waals surface area contributed by atoms with Crippen LogP contribution in [0.5, 0.6) is 0 Å². The SMILES string of the molecule is COCCNCc1cccn1CC(=O)NC(C)C(C)C. The molecule has 1 unspecified atom stereocenters. The van der Waals surface area contributed by atoms with Gasteiger partial charge in [0.15, 0.2) is 0 Å². The Hall–Kier alpha value is -1.33. The third-order valence-electron chi connectivity index (χ3n) is 3.42. The lowest BCUT2D eigenvalue weighted by molar-refractivity contribution is -0.122. The predicted octanol–water partition coefficient (Wildman–Crippen LogP) is 1.38. The van der Waals surface area contributed by atoms with E-state index in [1.54, 1.807) is 7.11 Å². The van der Waals surface area contributed by atoms with Crippen molar-refractivity contribution >= 4 is 5.91 Å². The molecule has 1 aromatic rings. The van der Waals surface area contributed by atoms with Crippen molar-refractivity contribution in [2.45, 2.75) is 39.9 Å². The highest BCUT2D eigenvalue weighted by molar-refractivity contribution is 5.76. The summed E-state index contributed by atoms with van der Waals surface area (Å²) in [6, 6.07) is 4.19. The summed E-state index contributed by atoms with van der Waals surface area (Å²) in [5.41, 5.74) is 1.11. The Kier molecular flexibility index (Phi) is 7.33. The molecule has 0 aliphatic heterocycles. The van der Waals surface area contributed by atoms with Gasteiger partial charge in [-0.25, -0.2) is 0 Å². The first kappa shape index (κ1) is 16.7. The maximum Gasteiger partial charge on any atom is 0.240 e. The van der Waals surface area contributed by atoms with Crippen LogP contribution in [0.25, 0.3) is 0 Å². The molecule has 5 nitrogen and oxygen atoms in total. The summed E-state index contributed by atoms with van der Waals surface area (Å²) in [6.07, 6.45) is 1.94. The summed E-state index contributed by atoms with van der Waals surface area (Å²) in [6.45, 7) is 8.84. The van der Waals surface area contributed by atoms with Crippen LogP contribution in [0.2, 0.25) is 0 Å². The van der Waals surface area contributed by atoms with Gasteiger partial charge in [0.05, 0.1) is 6.61 Å². The summed E-state index contributed by atoms with van der Waals surface area (Å²) >= 11 is 0. The second-order valence-electron chi connectivity index (χ2n) is 5.40. The van der Waals surface area contributed by atoms with Crippen LogP contribution in [0.3, 0.4) is 0 Å². The van der Waals surface area contributed by atoms with Crippen LogP contribution in [0, 0.1) is 5.92 Å². The number of aromatic nitrogens is 1. The molecule has 1 amide bonds. The van der Waals surface area contributed by atoms with E-state index >= 15 is 0 Å². The Morgan fingerprint density at radius 3 is 2.80 bits per heavy atom. The Labute approximate surface area is 121 Å². The van der Waals surface area contributed by atoms with Crippen LogP contribution in [0.4, 0.5) is 0 Å². The normalized spacial score (nSPS) is 12.7. The molecule has 0 bridgehead atoms. The van der Waals surface area contributed by atoms with E-state index in [9.17, 15) is 4.79 Å². The maximum atomic E-state index is 12.0. The van der Waals surface area contributed by atoms with Gasteiger partial charge in [0, 0.05) is 38.1 Å². The van der Waals surface area contributed by atoms with Crippen LogP contribution >= 0.6 is 0 Å². The molecular weight excluding hydrogens is 254 g/mol. The lowest BCUT2D eigenvalue weighted by Crippen LogP contribution is -2.38. The summed E-state index contributed by atoms with van der Waals surface area (Å²) in [7, 11) is 1.69. The van der Waals surface area contributed by atoms with Crippen LogP contribution < -0.4 is 10.6 Å². The minimum Gasteiger partial charge on any atom is -0.383 e. The molecule has 0 fully saturated rings. The molecule has 1 rings (SSSR count). The fourth-order valence-corrected chi connectivity index (χ4v) is 1.78. The largest absolute Gasteiger partial charge is 0.383 e. The van der Waals surface area contributed by atoms with E-state index in [1.165, 1.54) is 0 Å². The maximum absolute atomic E-state index is 12.0. The third-order valence-corrected chi connectivity index (χ3v) is 3.42. The van der Waals surface area contributed by atoms with Crippen molar-refractivity contribution in [2.75, 3.05) is 20.3 Å². The van der Waals surface area contributed by atoms with E-state index in [0.717, 1.165) is 18.8 Å². The number of ether oxygens (including phenoxy) is 1. The number of rotatable bonds is 9. The Morgan fingerprint density at radius 1 is 1.40 bits per heavy atom. The average molecular weight is 281 g/mol. The van der Waals surface area contributed by atoms with Gasteiger partial charge in [-0.05, 0) is 25.0 Å². The Balaban J connectivity index is 2.43. The first-order valence-electron chi connectivity index (χ1n) is 7.17. The van der Waals surface area contributed by atoms with E-state index in [-0.39, 0.29) is 11.9 Å². The Bertz CT molecular complexity index is 402. The van der Waals surface area contributed by atoms with Crippen LogP contribution in [-0.4, -0.2) is 36.8 Å². The molecule has 20 heavy (non-hydrogen) atoms. The van der Waals surface area contributed by atoms with Gasteiger partial charge in [-0.1, -0.05) is 13.8 Å². The van der Waals surface area contributed by atoms with Gasteiger partial charge in [-0.2, -0.15) is 0 Å². The van der Waals surface area contributed by atoms with E-state index in [0.29, 0.717) is 19.1 Å². The number of hydrogen-bond acceptors (Lipinski definition) is 3. The van der Waals surface area contributed by atoms with E-state index in [1.807, 2.05) is 29.8 Å². The number of nitrogens with zero attached hydrogens (tertiary/aromatic N) is 1. The Morgan fingerprint density at radius 2 is 2.15 bits per heavy atom. The topological polar surface area (TPSA) is 55.3 Å². The van der Waals surface area contributed by atoms with Gasteiger partial charge in [-0.3, -0.25) is 4.79 Å². The molecule has 1 atom stereocenters. The molecule has 0 radical (unpaired) electrons. The number of carbonyl (C=O) groups is 1. The molecule has 1 aromatic heterocycles. The van der Waals surface area contributed by atoms with Gasteiger partial charge in [0.2, 0.25) is 5.91 Å². The summed E-state index contributed by atoms with van der Waals surface area (Å²) in [4.78, 5) is 12.0. The zero-order valence-electron chi connectivity index (χ0n) is 13.0. The third kappa shape index (κ3) is 5.75.